The lowest BCUT2D eigenvalue weighted by molar-refractivity contribution is 0.158. The number of rotatable bonds is 5. The van der Waals surface area contributed by atoms with E-state index in [2.05, 4.69) is 4.90 Å². The highest BCUT2D eigenvalue weighted by Gasteiger charge is 2.37. The van der Waals surface area contributed by atoms with E-state index in [1.165, 1.54) is 4.31 Å². The Labute approximate surface area is 145 Å². The van der Waals surface area contributed by atoms with E-state index in [0.717, 1.165) is 37.9 Å². The van der Waals surface area contributed by atoms with Crippen LogP contribution < -0.4 is 5.73 Å². The van der Waals surface area contributed by atoms with Gasteiger partial charge >= 0.3 is 0 Å². The molecule has 2 aliphatic rings. The van der Waals surface area contributed by atoms with Gasteiger partial charge in [-0.25, -0.2) is 0 Å². The van der Waals surface area contributed by atoms with Gasteiger partial charge in [0.25, 0.3) is 10.2 Å². The lowest BCUT2D eigenvalue weighted by Crippen LogP contribution is -2.47. The molecule has 1 aromatic carbocycles. The van der Waals surface area contributed by atoms with Gasteiger partial charge in [-0.15, -0.1) is 0 Å². The molecule has 0 spiro atoms. The van der Waals surface area contributed by atoms with Crippen molar-refractivity contribution in [2.45, 2.75) is 37.9 Å². The minimum atomic E-state index is -3.40. The van der Waals surface area contributed by atoms with Gasteiger partial charge in [0.2, 0.25) is 0 Å². The highest BCUT2D eigenvalue weighted by molar-refractivity contribution is 7.86. The van der Waals surface area contributed by atoms with Gasteiger partial charge in [-0.2, -0.15) is 17.0 Å². The zero-order valence-corrected chi connectivity index (χ0v) is 15.2. The predicted octanol–water partition coefficient (Wildman–Crippen LogP) is 0.861. The van der Waals surface area contributed by atoms with Crippen LogP contribution in [-0.2, 0) is 16.8 Å². The van der Waals surface area contributed by atoms with Crippen LogP contribution in [-0.4, -0.2) is 67.2 Å². The van der Waals surface area contributed by atoms with E-state index in [9.17, 15) is 8.42 Å². The van der Waals surface area contributed by atoms with Crippen molar-refractivity contribution >= 4 is 10.2 Å². The number of nitrogens with two attached hydrogens (primary N) is 1. The molecular weight excluding hydrogens is 324 g/mol. The molecule has 2 fully saturated rings. The Morgan fingerprint density at radius 2 is 1.79 bits per heavy atom. The molecule has 6 nitrogen and oxygen atoms in total. The monoisotopic (exact) mass is 352 g/mol. The molecule has 2 heterocycles. The van der Waals surface area contributed by atoms with Crippen molar-refractivity contribution in [2.75, 3.05) is 33.2 Å². The zero-order valence-electron chi connectivity index (χ0n) is 14.3. The van der Waals surface area contributed by atoms with Crippen molar-refractivity contribution in [3.63, 3.8) is 0 Å². The Balaban J connectivity index is 1.59. The van der Waals surface area contributed by atoms with Crippen molar-refractivity contribution in [3.8, 4) is 0 Å². The first-order valence-electron chi connectivity index (χ1n) is 8.72. The summed E-state index contributed by atoms with van der Waals surface area (Å²) in [6.07, 6.45) is 2.93. The fourth-order valence-corrected chi connectivity index (χ4v) is 5.03. The standard InChI is InChI=1S/C17H28N4O2S/c1-19(13-15-5-3-2-4-6-15)24(22,23)21-12-9-17(14-21)20-10-7-16(18)8-11-20/h2-6,16-17H,7-14,18H2,1H3. The Kier molecular flexibility index (Phi) is 5.56. The summed E-state index contributed by atoms with van der Waals surface area (Å²) in [7, 11) is -1.74. The first-order chi connectivity index (χ1) is 11.5. The van der Waals surface area contributed by atoms with E-state index in [4.69, 9.17) is 5.73 Å². The highest BCUT2D eigenvalue weighted by atomic mass is 32.2. The number of nitrogens with zero attached hydrogens (tertiary/aromatic N) is 3. The summed E-state index contributed by atoms with van der Waals surface area (Å²) in [6.45, 7) is 3.58. The first-order valence-corrected chi connectivity index (χ1v) is 10.1. The topological polar surface area (TPSA) is 69.9 Å². The maximum absolute atomic E-state index is 12.8. The van der Waals surface area contributed by atoms with Crippen LogP contribution in [0.4, 0.5) is 0 Å². The molecule has 3 rings (SSSR count). The molecule has 1 aromatic rings. The lowest BCUT2D eigenvalue weighted by Gasteiger charge is -2.34. The molecule has 134 valence electrons. The van der Waals surface area contributed by atoms with Gasteiger partial charge in [0, 0.05) is 38.8 Å². The largest absolute Gasteiger partial charge is 0.328 e. The van der Waals surface area contributed by atoms with Crippen LogP contribution in [0, 0.1) is 0 Å². The summed E-state index contributed by atoms with van der Waals surface area (Å²) >= 11 is 0. The molecule has 2 saturated heterocycles. The van der Waals surface area contributed by atoms with E-state index < -0.39 is 10.2 Å². The van der Waals surface area contributed by atoms with Gasteiger partial charge in [-0.05, 0) is 37.9 Å². The summed E-state index contributed by atoms with van der Waals surface area (Å²) < 4.78 is 28.8. The van der Waals surface area contributed by atoms with Gasteiger partial charge in [-0.3, -0.25) is 4.90 Å². The smallest absolute Gasteiger partial charge is 0.282 e. The molecule has 0 amide bonds. The molecule has 7 heteroatoms. The molecule has 2 N–H and O–H groups in total. The quantitative estimate of drug-likeness (QED) is 0.853. The summed E-state index contributed by atoms with van der Waals surface area (Å²) in [5, 5.41) is 0. The van der Waals surface area contributed by atoms with Crippen molar-refractivity contribution in [3.05, 3.63) is 35.9 Å². The van der Waals surface area contributed by atoms with E-state index in [0.29, 0.717) is 31.7 Å². The molecule has 0 aromatic heterocycles. The molecule has 0 bridgehead atoms. The molecule has 1 atom stereocenters. The third-order valence-corrected chi connectivity index (χ3v) is 7.09. The average Bonchev–Trinajstić information content (AvgIpc) is 3.07. The van der Waals surface area contributed by atoms with Crippen molar-refractivity contribution in [2.24, 2.45) is 5.73 Å². The van der Waals surface area contributed by atoms with E-state index in [1.54, 1.807) is 11.4 Å². The maximum atomic E-state index is 12.8. The van der Waals surface area contributed by atoms with Gasteiger partial charge in [0.05, 0.1) is 0 Å². The molecule has 24 heavy (non-hydrogen) atoms. The van der Waals surface area contributed by atoms with Crippen LogP contribution in [0.1, 0.15) is 24.8 Å². The Morgan fingerprint density at radius 3 is 2.46 bits per heavy atom. The number of piperidine rings is 1. The summed E-state index contributed by atoms with van der Waals surface area (Å²) in [5.74, 6) is 0. The fraction of sp³-hybridized carbons (Fsp3) is 0.647. The number of hydrogen-bond donors (Lipinski definition) is 1. The first kappa shape index (κ1) is 17.8. The van der Waals surface area contributed by atoms with E-state index in [-0.39, 0.29) is 0 Å². The Bertz CT molecular complexity index is 629. The number of hydrogen-bond acceptors (Lipinski definition) is 4. The summed E-state index contributed by atoms with van der Waals surface area (Å²) in [6, 6.07) is 10.3. The third-order valence-electron chi connectivity index (χ3n) is 5.18. The highest BCUT2D eigenvalue weighted by Crippen LogP contribution is 2.23. The molecule has 2 aliphatic heterocycles. The minimum absolute atomic E-state index is 0.305. The van der Waals surface area contributed by atoms with Gasteiger partial charge < -0.3 is 5.73 Å². The van der Waals surface area contributed by atoms with Gasteiger partial charge in [0.15, 0.2) is 0 Å². The minimum Gasteiger partial charge on any atom is -0.328 e. The van der Waals surface area contributed by atoms with Gasteiger partial charge in [-0.1, -0.05) is 30.3 Å². The van der Waals surface area contributed by atoms with E-state index in [1.807, 2.05) is 30.3 Å². The lowest BCUT2D eigenvalue weighted by atomic mass is 10.0. The zero-order chi connectivity index (χ0) is 17.2. The third kappa shape index (κ3) is 3.97. The molecule has 0 saturated carbocycles. The van der Waals surface area contributed by atoms with Crippen molar-refractivity contribution in [1.29, 1.82) is 0 Å². The van der Waals surface area contributed by atoms with Crippen LogP contribution >= 0.6 is 0 Å². The van der Waals surface area contributed by atoms with Crippen LogP contribution in [0.3, 0.4) is 0 Å². The predicted molar refractivity (Wildman–Crippen MR) is 95.6 cm³/mol. The average molecular weight is 353 g/mol. The second kappa shape index (κ2) is 7.49. The van der Waals surface area contributed by atoms with Crippen LogP contribution in [0.5, 0.6) is 0 Å². The molecule has 0 radical (unpaired) electrons. The van der Waals surface area contributed by atoms with Crippen LogP contribution in [0.25, 0.3) is 0 Å². The molecule has 0 aliphatic carbocycles. The SMILES string of the molecule is CN(Cc1ccccc1)S(=O)(=O)N1CCC(N2CCC(N)CC2)C1. The van der Waals surface area contributed by atoms with Crippen LogP contribution in [0.2, 0.25) is 0 Å². The second-order valence-electron chi connectivity index (χ2n) is 6.92. The summed E-state index contributed by atoms with van der Waals surface area (Å²) in [4.78, 5) is 2.41. The van der Waals surface area contributed by atoms with Gasteiger partial charge in [0.1, 0.15) is 0 Å². The molecular formula is C17H28N4O2S. The van der Waals surface area contributed by atoms with E-state index >= 15 is 0 Å². The van der Waals surface area contributed by atoms with Crippen molar-refractivity contribution in [1.82, 2.24) is 13.5 Å². The maximum Gasteiger partial charge on any atom is 0.282 e. The Morgan fingerprint density at radius 1 is 1.12 bits per heavy atom. The molecule has 1 unspecified atom stereocenters. The second-order valence-corrected chi connectivity index (χ2v) is 8.96. The number of benzene rings is 1. The van der Waals surface area contributed by atoms with Crippen LogP contribution in [0.15, 0.2) is 30.3 Å². The normalized spacial score (nSPS) is 24.7. The Hall–Kier alpha value is -0.990. The fourth-order valence-electron chi connectivity index (χ4n) is 3.62. The summed E-state index contributed by atoms with van der Waals surface area (Å²) in [5.41, 5.74) is 6.97. The number of likely N-dealkylation sites (tertiary alicyclic amines) is 1. The van der Waals surface area contributed by atoms with Crippen molar-refractivity contribution < 1.29 is 8.42 Å².